The van der Waals surface area contributed by atoms with Crippen LogP contribution in [-0.2, 0) is 9.53 Å². The molecule has 0 bridgehead atoms. The summed E-state index contributed by atoms with van der Waals surface area (Å²) in [4.78, 5) is 28.0. The van der Waals surface area contributed by atoms with Crippen LogP contribution in [0.2, 0.25) is 0 Å². The SMILES string of the molecule is C[C@@H]1CN(C(=O)c2cc3cc(F)ccc3[nH]2)CC(C(=O)O)O1. The third-order valence-electron chi connectivity index (χ3n) is 3.64. The Bertz CT molecular complexity index is 742. The average molecular weight is 306 g/mol. The van der Waals surface area contributed by atoms with Crippen molar-refractivity contribution in [3.63, 3.8) is 0 Å². The standard InChI is InChI=1S/C15H15FN2O4/c1-8-6-18(7-13(22-8)15(20)21)14(19)12-5-9-4-10(16)2-3-11(9)17-12/h2-5,8,13,17H,6-7H2,1H3,(H,20,21)/t8-,13?/m1/s1. The first kappa shape index (κ1) is 14.5. The Morgan fingerprint density at radius 3 is 2.86 bits per heavy atom. The number of H-pyrrole nitrogens is 1. The largest absolute Gasteiger partial charge is 0.479 e. The van der Waals surface area contributed by atoms with Gasteiger partial charge in [-0.25, -0.2) is 9.18 Å². The van der Waals surface area contributed by atoms with E-state index in [0.717, 1.165) is 0 Å². The second-order valence-corrected chi connectivity index (χ2v) is 5.40. The molecule has 2 aromatic rings. The molecule has 1 saturated heterocycles. The number of carboxylic acid groups (broad SMARTS) is 1. The van der Waals surface area contributed by atoms with E-state index in [0.29, 0.717) is 23.1 Å². The summed E-state index contributed by atoms with van der Waals surface area (Å²) in [5, 5.41) is 9.66. The first-order valence-electron chi connectivity index (χ1n) is 6.90. The maximum Gasteiger partial charge on any atom is 0.334 e. The van der Waals surface area contributed by atoms with Crippen molar-refractivity contribution < 1.29 is 23.8 Å². The Labute approximate surface area is 125 Å². The molecule has 1 fully saturated rings. The van der Waals surface area contributed by atoms with Gasteiger partial charge in [-0.15, -0.1) is 0 Å². The van der Waals surface area contributed by atoms with Gasteiger partial charge in [0, 0.05) is 17.4 Å². The molecule has 1 aromatic heterocycles. The van der Waals surface area contributed by atoms with E-state index in [2.05, 4.69) is 4.98 Å². The number of carbonyl (C=O) groups excluding carboxylic acids is 1. The van der Waals surface area contributed by atoms with Crippen molar-refractivity contribution in [2.75, 3.05) is 13.1 Å². The molecule has 1 unspecified atom stereocenters. The van der Waals surface area contributed by atoms with Crippen LogP contribution in [0.1, 0.15) is 17.4 Å². The topological polar surface area (TPSA) is 82.6 Å². The van der Waals surface area contributed by atoms with Crippen LogP contribution in [0.5, 0.6) is 0 Å². The van der Waals surface area contributed by atoms with Crippen molar-refractivity contribution in [3.8, 4) is 0 Å². The lowest BCUT2D eigenvalue weighted by Gasteiger charge is -2.34. The van der Waals surface area contributed by atoms with E-state index in [-0.39, 0.29) is 24.4 Å². The summed E-state index contributed by atoms with van der Waals surface area (Å²) in [6.07, 6.45) is -1.39. The molecule has 0 saturated carbocycles. The molecule has 2 N–H and O–H groups in total. The molecule has 2 heterocycles. The zero-order valence-corrected chi connectivity index (χ0v) is 11.9. The molecule has 0 radical (unpaired) electrons. The number of amides is 1. The number of aromatic amines is 1. The summed E-state index contributed by atoms with van der Waals surface area (Å²) in [5.41, 5.74) is 0.958. The molecular formula is C15H15FN2O4. The van der Waals surface area contributed by atoms with Gasteiger partial charge in [0.15, 0.2) is 6.10 Å². The van der Waals surface area contributed by atoms with Crippen molar-refractivity contribution in [1.82, 2.24) is 9.88 Å². The van der Waals surface area contributed by atoms with Gasteiger partial charge in [0.1, 0.15) is 11.5 Å². The summed E-state index contributed by atoms with van der Waals surface area (Å²) < 4.78 is 18.5. The quantitative estimate of drug-likeness (QED) is 0.883. The van der Waals surface area contributed by atoms with Crippen LogP contribution in [0.25, 0.3) is 10.9 Å². The highest BCUT2D eigenvalue weighted by atomic mass is 19.1. The van der Waals surface area contributed by atoms with Crippen LogP contribution in [0.4, 0.5) is 4.39 Å². The summed E-state index contributed by atoms with van der Waals surface area (Å²) in [5.74, 6) is -1.79. The van der Waals surface area contributed by atoms with Gasteiger partial charge in [0.05, 0.1) is 12.6 Å². The highest BCUT2D eigenvalue weighted by Gasteiger charge is 2.33. The number of aromatic nitrogens is 1. The molecule has 116 valence electrons. The third kappa shape index (κ3) is 2.67. The van der Waals surface area contributed by atoms with E-state index in [1.807, 2.05) is 0 Å². The predicted molar refractivity (Wildman–Crippen MR) is 76.1 cm³/mol. The number of carboxylic acids is 1. The Hall–Kier alpha value is -2.41. The molecule has 7 heteroatoms. The molecule has 22 heavy (non-hydrogen) atoms. The maximum absolute atomic E-state index is 13.2. The van der Waals surface area contributed by atoms with Gasteiger partial charge in [-0.05, 0) is 31.2 Å². The molecule has 3 rings (SSSR count). The number of hydrogen-bond donors (Lipinski definition) is 2. The Kier molecular flexibility index (Phi) is 3.58. The molecule has 2 atom stereocenters. The number of hydrogen-bond acceptors (Lipinski definition) is 3. The molecule has 1 aliphatic rings. The van der Waals surface area contributed by atoms with Crippen LogP contribution in [0, 0.1) is 5.82 Å². The fourth-order valence-electron chi connectivity index (χ4n) is 2.64. The number of halogens is 1. The second-order valence-electron chi connectivity index (χ2n) is 5.40. The van der Waals surface area contributed by atoms with Gasteiger partial charge in [0.25, 0.3) is 5.91 Å². The summed E-state index contributed by atoms with van der Waals surface area (Å²) in [6.45, 7) is 2.02. The van der Waals surface area contributed by atoms with Crippen molar-refractivity contribution in [1.29, 1.82) is 0 Å². The number of ether oxygens (including phenoxy) is 1. The van der Waals surface area contributed by atoms with Crippen LogP contribution in [-0.4, -0.2) is 52.2 Å². The Morgan fingerprint density at radius 2 is 2.14 bits per heavy atom. The van der Waals surface area contributed by atoms with E-state index in [4.69, 9.17) is 9.84 Å². The molecular weight excluding hydrogens is 291 g/mol. The van der Waals surface area contributed by atoms with Crippen LogP contribution in [0.3, 0.4) is 0 Å². The minimum absolute atomic E-state index is 0.0117. The molecule has 1 aliphatic heterocycles. The minimum atomic E-state index is -1.09. The number of aliphatic carboxylic acids is 1. The zero-order valence-electron chi connectivity index (χ0n) is 11.9. The van der Waals surface area contributed by atoms with Gasteiger partial charge in [0.2, 0.25) is 0 Å². The molecule has 0 spiro atoms. The lowest BCUT2D eigenvalue weighted by Crippen LogP contribution is -2.51. The van der Waals surface area contributed by atoms with Gasteiger partial charge >= 0.3 is 5.97 Å². The van der Waals surface area contributed by atoms with E-state index in [1.54, 1.807) is 19.1 Å². The smallest absolute Gasteiger partial charge is 0.334 e. The van der Waals surface area contributed by atoms with Crippen molar-refractivity contribution in [2.45, 2.75) is 19.1 Å². The molecule has 1 amide bonds. The van der Waals surface area contributed by atoms with Crippen molar-refractivity contribution in [3.05, 3.63) is 35.8 Å². The van der Waals surface area contributed by atoms with Gasteiger partial charge in [-0.2, -0.15) is 0 Å². The number of morpholine rings is 1. The lowest BCUT2D eigenvalue weighted by molar-refractivity contribution is -0.160. The zero-order chi connectivity index (χ0) is 15.9. The monoisotopic (exact) mass is 306 g/mol. The highest BCUT2D eigenvalue weighted by Crippen LogP contribution is 2.20. The van der Waals surface area contributed by atoms with Crippen molar-refractivity contribution in [2.24, 2.45) is 0 Å². The molecule has 6 nitrogen and oxygen atoms in total. The fourth-order valence-corrected chi connectivity index (χ4v) is 2.64. The molecule has 0 aliphatic carbocycles. The maximum atomic E-state index is 13.2. The normalized spacial score (nSPS) is 22.0. The minimum Gasteiger partial charge on any atom is -0.479 e. The van der Waals surface area contributed by atoms with Gasteiger partial charge in [-0.1, -0.05) is 0 Å². The van der Waals surface area contributed by atoms with Crippen molar-refractivity contribution >= 4 is 22.8 Å². The van der Waals surface area contributed by atoms with E-state index >= 15 is 0 Å². The van der Waals surface area contributed by atoms with Crippen LogP contribution >= 0.6 is 0 Å². The van der Waals surface area contributed by atoms with Crippen LogP contribution in [0.15, 0.2) is 24.3 Å². The first-order chi connectivity index (χ1) is 10.4. The fraction of sp³-hybridized carbons (Fsp3) is 0.333. The lowest BCUT2D eigenvalue weighted by atomic mass is 10.2. The molecule has 1 aromatic carbocycles. The number of nitrogens with zero attached hydrogens (tertiary/aromatic N) is 1. The first-order valence-corrected chi connectivity index (χ1v) is 6.90. The summed E-state index contributed by atoms with van der Waals surface area (Å²) in [7, 11) is 0. The van der Waals surface area contributed by atoms with Gasteiger partial charge < -0.3 is 19.7 Å². The van der Waals surface area contributed by atoms with Gasteiger partial charge in [-0.3, -0.25) is 4.79 Å². The number of benzene rings is 1. The average Bonchev–Trinajstić information content (AvgIpc) is 2.88. The van der Waals surface area contributed by atoms with E-state index in [1.165, 1.54) is 17.0 Å². The number of fused-ring (bicyclic) bond motifs is 1. The number of nitrogens with one attached hydrogen (secondary N) is 1. The summed E-state index contributed by atoms with van der Waals surface area (Å²) >= 11 is 0. The Balaban J connectivity index is 1.86. The van der Waals surface area contributed by atoms with Crippen LogP contribution < -0.4 is 0 Å². The summed E-state index contributed by atoms with van der Waals surface area (Å²) in [6, 6.07) is 5.77. The predicted octanol–water partition coefficient (Wildman–Crippen LogP) is 1.62. The number of rotatable bonds is 2. The van der Waals surface area contributed by atoms with E-state index < -0.39 is 12.1 Å². The third-order valence-corrected chi connectivity index (χ3v) is 3.64. The van der Waals surface area contributed by atoms with E-state index in [9.17, 15) is 14.0 Å². The number of carbonyl (C=O) groups is 2. The second kappa shape index (κ2) is 5.42. The highest BCUT2D eigenvalue weighted by molar-refractivity contribution is 5.98. The Morgan fingerprint density at radius 1 is 1.36 bits per heavy atom.